The van der Waals surface area contributed by atoms with Crippen molar-refractivity contribution in [1.29, 1.82) is 0 Å². The molecule has 0 aromatic rings. The standard InChI is InChI=1S/C7H10Br2O/c8-6-7(9)4-2-1-3-5-10/h1,3,5,7H,2,4,6H2/b3-1+. The molecule has 1 nitrogen and oxygen atoms in total. The van der Waals surface area contributed by atoms with E-state index in [1.54, 1.807) is 0 Å². The molecule has 58 valence electrons. The predicted molar refractivity (Wildman–Crippen MR) is 50.9 cm³/mol. The first-order valence-electron chi connectivity index (χ1n) is 3.11. The Balaban J connectivity index is 3.18. The van der Waals surface area contributed by atoms with E-state index in [4.69, 9.17) is 0 Å². The van der Waals surface area contributed by atoms with Crippen molar-refractivity contribution in [2.45, 2.75) is 17.7 Å². The van der Waals surface area contributed by atoms with Gasteiger partial charge in [0.1, 0.15) is 6.29 Å². The monoisotopic (exact) mass is 268 g/mol. The van der Waals surface area contributed by atoms with Crippen LogP contribution in [-0.2, 0) is 4.79 Å². The number of rotatable bonds is 5. The highest BCUT2D eigenvalue weighted by atomic mass is 79.9. The molecule has 0 N–H and O–H groups in total. The normalized spacial score (nSPS) is 13.8. The largest absolute Gasteiger partial charge is 0.299 e. The van der Waals surface area contributed by atoms with Crippen LogP contribution in [0.15, 0.2) is 12.2 Å². The number of hydrogen-bond donors (Lipinski definition) is 0. The summed E-state index contributed by atoms with van der Waals surface area (Å²) in [5.41, 5.74) is 0. The van der Waals surface area contributed by atoms with Crippen LogP contribution in [0.5, 0.6) is 0 Å². The molecule has 1 atom stereocenters. The fourth-order valence-electron chi connectivity index (χ4n) is 0.506. The van der Waals surface area contributed by atoms with Crippen molar-refractivity contribution >= 4 is 38.1 Å². The molecule has 3 heteroatoms. The Morgan fingerprint density at radius 3 is 2.70 bits per heavy atom. The van der Waals surface area contributed by atoms with E-state index in [2.05, 4.69) is 31.9 Å². The van der Waals surface area contributed by atoms with Crippen molar-refractivity contribution in [3.63, 3.8) is 0 Å². The topological polar surface area (TPSA) is 17.1 Å². The van der Waals surface area contributed by atoms with E-state index in [0.717, 1.165) is 24.5 Å². The Kier molecular flexibility index (Phi) is 7.75. The second kappa shape index (κ2) is 7.48. The molecule has 0 spiro atoms. The highest BCUT2D eigenvalue weighted by molar-refractivity contribution is 9.12. The SMILES string of the molecule is O=C/C=C/CCC(Br)CBr. The van der Waals surface area contributed by atoms with Gasteiger partial charge in [-0.2, -0.15) is 0 Å². The Morgan fingerprint density at radius 1 is 1.50 bits per heavy atom. The molecule has 0 rings (SSSR count). The number of carbonyl (C=O) groups excluding carboxylic acids is 1. The van der Waals surface area contributed by atoms with Crippen molar-refractivity contribution in [2.24, 2.45) is 0 Å². The lowest BCUT2D eigenvalue weighted by Crippen LogP contribution is -1.96. The lowest BCUT2D eigenvalue weighted by Gasteiger charge is -2.00. The lowest BCUT2D eigenvalue weighted by molar-refractivity contribution is -0.104. The van der Waals surface area contributed by atoms with Crippen molar-refractivity contribution < 1.29 is 4.79 Å². The first-order chi connectivity index (χ1) is 4.81. The molecule has 10 heavy (non-hydrogen) atoms. The van der Waals surface area contributed by atoms with Crippen molar-refractivity contribution in [2.75, 3.05) is 5.33 Å². The van der Waals surface area contributed by atoms with Gasteiger partial charge in [-0.1, -0.05) is 37.9 Å². The molecule has 0 aliphatic heterocycles. The summed E-state index contributed by atoms with van der Waals surface area (Å²) in [7, 11) is 0. The quantitative estimate of drug-likeness (QED) is 0.426. The highest BCUT2D eigenvalue weighted by Crippen LogP contribution is 2.10. The third-order valence-electron chi connectivity index (χ3n) is 1.03. The molecular formula is C7H10Br2O. The van der Waals surface area contributed by atoms with Gasteiger partial charge >= 0.3 is 0 Å². The van der Waals surface area contributed by atoms with Crippen molar-refractivity contribution in [3.05, 3.63) is 12.2 Å². The van der Waals surface area contributed by atoms with Gasteiger partial charge < -0.3 is 0 Å². The number of carbonyl (C=O) groups is 1. The Hall–Kier alpha value is 0.370. The summed E-state index contributed by atoms with van der Waals surface area (Å²) in [6, 6.07) is 0. The average Bonchev–Trinajstić information content (AvgIpc) is 1.98. The molecule has 0 aliphatic rings. The van der Waals surface area contributed by atoms with Gasteiger partial charge in [0.2, 0.25) is 0 Å². The van der Waals surface area contributed by atoms with Gasteiger partial charge in [-0.05, 0) is 18.9 Å². The maximum atomic E-state index is 9.81. The Bertz CT molecular complexity index is 112. The first kappa shape index (κ1) is 10.4. The minimum Gasteiger partial charge on any atom is -0.299 e. The average molecular weight is 270 g/mol. The lowest BCUT2D eigenvalue weighted by atomic mass is 10.2. The van der Waals surface area contributed by atoms with E-state index in [-0.39, 0.29) is 0 Å². The third-order valence-corrected chi connectivity index (χ3v) is 3.46. The van der Waals surface area contributed by atoms with E-state index in [1.807, 2.05) is 6.08 Å². The van der Waals surface area contributed by atoms with Crippen LogP contribution >= 0.6 is 31.9 Å². The van der Waals surface area contributed by atoms with Crippen molar-refractivity contribution in [1.82, 2.24) is 0 Å². The number of aldehydes is 1. The summed E-state index contributed by atoms with van der Waals surface area (Å²) < 4.78 is 0. The molecule has 0 aromatic carbocycles. The van der Waals surface area contributed by atoms with Crippen molar-refractivity contribution in [3.8, 4) is 0 Å². The molecule has 0 fully saturated rings. The fraction of sp³-hybridized carbons (Fsp3) is 0.571. The molecule has 0 heterocycles. The van der Waals surface area contributed by atoms with Gasteiger partial charge in [-0.25, -0.2) is 0 Å². The van der Waals surface area contributed by atoms with E-state index in [9.17, 15) is 4.79 Å². The summed E-state index contributed by atoms with van der Waals surface area (Å²) in [6.07, 6.45) is 6.24. The van der Waals surface area contributed by atoms with Crippen LogP contribution in [-0.4, -0.2) is 16.4 Å². The van der Waals surface area contributed by atoms with Crippen LogP contribution in [0.3, 0.4) is 0 Å². The van der Waals surface area contributed by atoms with Gasteiger partial charge in [0.05, 0.1) is 0 Å². The summed E-state index contributed by atoms with van der Waals surface area (Å²) in [5, 5.41) is 0.960. The van der Waals surface area contributed by atoms with Gasteiger partial charge in [0.15, 0.2) is 0 Å². The van der Waals surface area contributed by atoms with Crippen LogP contribution in [0.25, 0.3) is 0 Å². The maximum absolute atomic E-state index is 9.81. The van der Waals surface area contributed by atoms with Crippen LogP contribution in [0.1, 0.15) is 12.8 Å². The first-order valence-corrected chi connectivity index (χ1v) is 5.15. The van der Waals surface area contributed by atoms with Gasteiger partial charge in [-0.3, -0.25) is 4.79 Å². The molecule has 0 saturated heterocycles. The smallest absolute Gasteiger partial charge is 0.142 e. The van der Waals surface area contributed by atoms with Crippen LogP contribution < -0.4 is 0 Å². The van der Waals surface area contributed by atoms with E-state index in [1.165, 1.54) is 6.08 Å². The zero-order valence-electron chi connectivity index (χ0n) is 5.59. The molecule has 0 bridgehead atoms. The van der Waals surface area contributed by atoms with E-state index < -0.39 is 0 Å². The zero-order valence-corrected chi connectivity index (χ0v) is 8.77. The molecule has 0 radical (unpaired) electrons. The molecule has 0 amide bonds. The zero-order chi connectivity index (χ0) is 7.82. The number of allylic oxidation sites excluding steroid dienone is 2. The van der Waals surface area contributed by atoms with Gasteiger partial charge in [0, 0.05) is 10.2 Å². The number of halogens is 2. The molecular weight excluding hydrogens is 260 g/mol. The molecule has 1 unspecified atom stereocenters. The van der Waals surface area contributed by atoms with Gasteiger partial charge in [0.25, 0.3) is 0 Å². The summed E-state index contributed by atoms with van der Waals surface area (Å²) >= 11 is 6.80. The second-order valence-electron chi connectivity index (χ2n) is 1.89. The number of alkyl halides is 2. The molecule has 0 aromatic heterocycles. The number of hydrogen-bond acceptors (Lipinski definition) is 1. The Labute approximate surface area is 78.1 Å². The van der Waals surface area contributed by atoms with Gasteiger partial charge in [-0.15, -0.1) is 0 Å². The third kappa shape index (κ3) is 6.49. The van der Waals surface area contributed by atoms with Crippen LogP contribution in [0, 0.1) is 0 Å². The minimum absolute atomic E-state index is 0.517. The summed E-state index contributed by atoms with van der Waals surface area (Å²) in [5.74, 6) is 0. The predicted octanol–water partition coefficient (Wildman–Crippen LogP) is 2.68. The van der Waals surface area contributed by atoms with E-state index >= 15 is 0 Å². The van der Waals surface area contributed by atoms with Crippen LogP contribution in [0.2, 0.25) is 0 Å². The van der Waals surface area contributed by atoms with E-state index in [0.29, 0.717) is 4.83 Å². The highest BCUT2D eigenvalue weighted by Gasteiger charge is 1.97. The minimum atomic E-state index is 0.517. The second-order valence-corrected chi connectivity index (χ2v) is 3.84. The molecule has 0 aliphatic carbocycles. The summed E-state index contributed by atoms with van der Waals surface area (Å²) in [4.78, 5) is 10.3. The molecule has 0 saturated carbocycles. The maximum Gasteiger partial charge on any atom is 0.142 e. The Morgan fingerprint density at radius 2 is 2.20 bits per heavy atom. The summed E-state index contributed by atoms with van der Waals surface area (Å²) in [6.45, 7) is 0. The van der Waals surface area contributed by atoms with Crippen LogP contribution in [0.4, 0.5) is 0 Å². The fourth-order valence-corrected chi connectivity index (χ4v) is 1.09.